The molecule has 0 bridgehead atoms. The Balaban J connectivity index is 0.00000324. The molecule has 0 aromatic heterocycles. The Morgan fingerprint density at radius 3 is 2.47 bits per heavy atom. The van der Waals surface area contributed by atoms with E-state index < -0.39 is 0 Å². The molecule has 1 aromatic carbocycles. The van der Waals surface area contributed by atoms with Crippen molar-refractivity contribution in [2.24, 2.45) is 11.7 Å². The number of nitrogens with one attached hydrogen (secondary N) is 1. The van der Waals surface area contributed by atoms with E-state index in [9.17, 15) is 4.79 Å². The number of benzene rings is 1. The Morgan fingerprint density at radius 2 is 1.95 bits per heavy atom. The molecule has 0 heterocycles. The van der Waals surface area contributed by atoms with Gasteiger partial charge in [0.1, 0.15) is 0 Å². The van der Waals surface area contributed by atoms with Crippen LogP contribution in [0.1, 0.15) is 13.8 Å². The van der Waals surface area contributed by atoms with Crippen LogP contribution in [0.4, 0.5) is 0 Å². The average Bonchev–Trinajstić information content (AvgIpc) is 2.38. The van der Waals surface area contributed by atoms with Gasteiger partial charge in [0.25, 0.3) is 0 Å². The minimum atomic E-state index is -0.129. The lowest BCUT2D eigenvalue weighted by Crippen LogP contribution is -2.35. The number of nitrogens with two attached hydrogens (primary N) is 1. The topological polar surface area (TPSA) is 55.1 Å². The quantitative estimate of drug-likeness (QED) is 0.792. The number of carbonyl (C=O) groups is 1. The number of hydrogen-bond donors (Lipinski definition) is 2. The molecule has 0 radical (unpaired) electrons. The van der Waals surface area contributed by atoms with Crippen molar-refractivity contribution >= 4 is 41.7 Å². The molecule has 0 saturated carbocycles. The molecule has 19 heavy (non-hydrogen) atoms. The summed E-state index contributed by atoms with van der Waals surface area (Å²) in [5.41, 5.74) is 5.50. The van der Waals surface area contributed by atoms with E-state index in [4.69, 9.17) is 17.3 Å². The highest BCUT2D eigenvalue weighted by atomic mass is 35.5. The van der Waals surface area contributed by atoms with Crippen LogP contribution in [0.3, 0.4) is 0 Å². The van der Waals surface area contributed by atoms with Crippen molar-refractivity contribution in [3.8, 4) is 0 Å². The molecule has 2 atom stereocenters. The van der Waals surface area contributed by atoms with E-state index in [0.717, 1.165) is 4.90 Å². The Kier molecular flexibility index (Phi) is 9.27. The number of amides is 1. The first-order valence-corrected chi connectivity index (χ1v) is 7.18. The van der Waals surface area contributed by atoms with E-state index in [0.29, 0.717) is 24.0 Å². The summed E-state index contributed by atoms with van der Waals surface area (Å²) in [6, 6.07) is 7.48. The molecule has 1 aromatic rings. The van der Waals surface area contributed by atoms with Gasteiger partial charge in [0, 0.05) is 16.5 Å². The van der Waals surface area contributed by atoms with Crippen LogP contribution in [0.5, 0.6) is 0 Å². The Hall–Kier alpha value is -0.420. The van der Waals surface area contributed by atoms with Crippen LogP contribution < -0.4 is 11.1 Å². The molecule has 0 saturated heterocycles. The molecule has 6 heteroatoms. The van der Waals surface area contributed by atoms with E-state index in [2.05, 4.69) is 5.32 Å². The van der Waals surface area contributed by atoms with Crippen LogP contribution in [0.15, 0.2) is 29.2 Å². The van der Waals surface area contributed by atoms with E-state index in [1.54, 1.807) is 0 Å². The number of rotatable bonds is 6. The summed E-state index contributed by atoms with van der Waals surface area (Å²) in [6.45, 7) is 5.11. The molecule has 0 aliphatic carbocycles. The van der Waals surface area contributed by atoms with Crippen LogP contribution in [0, 0.1) is 5.92 Å². The van der Waals surface area contributed by atoms with Gasteiger partial charge >= 0.3 is 0 Å². The third-order valence-electron chi connectivity index (χ3n) is 2.52. The van der Waals surface area contributed by atoms with E-state index >= 15 is 0 Å². The van der Waals surface area contributed by atoms with Crippen molar-refractivity contribution in [3.05, 3.63) is 29.3 Å². The van der Waals surface area contributed by atoms with Gasteiger partial charge in [-0.25, -0.2) is 0 Å². The summed E-state index contributed by atoms with van der Waals surface area (Å²) in [7, 11) is 0. The second-order valence-corrected chi connectivity index (χ2v) is 6.15. The maximum Gasteiger partial charge on any atom is 0.233 e. The number of carbonyl (C=O) groups excluding carboxylic acids is 1. The van der Waals surface area contributed by atoms with Gasteiger partial charge in [-0.1, -0.05) is 18.5 Å². The number of hydrogen-bond acceptors (Lipinski definition) is 3. The van der Waals surface area contributed by atoms with Crippen LogP contribution in [-0.2, 0) is 4.79 Å². The monoisotopic (exact) mass is 322 g/mol. The first kappa shape index (κ1) is 18.6. The Morgan fingerprint density at radius 1 is 1.37 bits per heavy atom. The van der Waals surface area contributed by atoms with Gasteiger partial charge in [-0.3, -0.25) is 4.79 Å². The van der Waals surface area contributed by atoms with Gasteiger partial charge in [0.05, 0.1) is 5.25 Å². The van der Waals surface area contributed by atoms with Crippen LogP contribution in [0.25, 0.3) is 0 Å². The van der Waals surface area contributed by atoms with Crippen LogP contribution >= 0.6 is 35.8 Å². The number of halogens is 2. The third-order valence-corrected chi connectivity index (χ3v) is 3.89. The van der Waals surface area contributed by atoms with Gasteiger partial charge < -0.3 is 11.1 Å². The molecule has 0 aliphatic heterocycles. The first-order chi connectivity index (χ1) is 8.52. The average molecular weight is 323 g/mol. The summed E-state index contributed by atoms with van der Waals surface area (Å²) >= 11 is 7.33. The zero-order valence-corrected chi connectivity index (χ0v) is 13.4. The number of thioether (sulfide) groups is 1. The summed E-state index contributed by atoms with van der Waals surface area (Å²) in [5.74, 6) is 0.344. The van der Waals surface area contributed by atoms with Gasteiger partial charge in [-0.05, 0) is 43.7 Å². The molecule has 3 N–H and O–H groups in total. The predicted molar refractivity (Wildman–Crippen MR) is 85.2 cm³/mol. The lowest BCUT2D eigenvalue weighted by atomic mass is 10.2. The smallest absolute Gasteiger partial charge is 0.233 e. The molecule has 2 unspecified atom stereocenters. The van der Waals surface area contributed by atoms with Crippen LogP contribution in [-0.4, -0.2) is 24.2 Å². The SMILES string of the molecule is CC(CN)CNC(=O)C(C)Sc1ccc(Cl)cc1.Cl. The van der Waals surface area contributed by atoms with Crippen molar-refractivity contribution in [3.63, 3.8) is 0 Å². The fraction of sp³-hybridized carbons (Fsp3) is 0.462. The second kappa shape index (κ2) is 9.48. The van der Waals surface area contributed by atoms with E-state index in [-0.39, 0.29) is 23.6 Å². The molecule has 0 aliphatic rings. The van der Waals surface area contributed by atoms with Crippen molar-refractivity contribution in [2.45, 2.75) is 24.0 Å². The maximum absolute atomic E-state index is 11.8. The zero-order chi connectivity index (χ0) is 13.5. The lowest BCUT2D eigenvalue weighted by molar-refractivity contribution is -0.120. The standard InChI is InChI=1S/C13H19ClN2OS.ClH/c1-9(7-15)8-16-13(17)10(2)18-12-5-3-11(14)4-6-12;/h3-6,9-10H,7-8,15H2,1-2H3,(H,16,17);1H. The molecular weight excluding hydrogens is 303 g/mol. The highest BCUT2D eigenvalue weighted by Gasteiger charge is 2.14. The van der Waals surface area contributed by atoms with E-state index in [1.165, 1.54) is 11.8 Å². The summed E-state index contributed by atoms with van der Waals surface area (Å²) in [6.07, 6.45) is 0. The molecule has 108 valence electrons. The minimum absolute atomic E-state index is 0. The lowest BCUT2D eigenvalue weighted by Gasteiger charge is -2.14. The van der Waals surface area contributed by atoms with Gasteiger partial charge in [-0.15, -0.1) is 24.2 Å². The van der Waals surface area contributed by atoms with E-state index in [1.807, 2.05) is 38.1 Å². The second-order valence-electron chi connectivity index (χ2n) is 4.30. The van der Waals surface area contributed by atoms with Crippen molar-refractivity contribution < 1.29 is 4.79 Å². The molecule has 1 rings (SSSR count). The minimum Gasteiger partial charge on any atom is -0.355 e. The predicted octanol–water partition coefficient (Wildman–Crippen LogP) is 2.95. The molecule has 0 spiro atoms. The third kappa shape index (κ3) is 7.06. The molecule has 1 amide bonds. The van der Waals surface area contributed by atoms with Crippen molar-refractivity contribution in [1.82, 2.24) is 5.32 Å². The fourth-order valence-electron chi connectivity index (χ4n) is 1.27. The fourth-order valence-corrected chi connectivity index (χ4v) is 2.29. The summed E-state index contributed by atoms with van der Waals surface area (Å²) in [4.78, 5) is 12.9. The normalized spacial score (nSPS) is 13.3. The van der Waals surface area contributed by atoms with Gasteiger partial charge in [0.15, 0.2) is 0 Å². The summed E-state index contributed by atoms with van der Waals surface area (Å²) < 4.78 is 0. The Labute approximate surface area is 130 Å². The molecular formula is C13H20Cl2N2OS. The molecule has 0 fully saturated rings. The van der Waals surface area contributed by atoms with Gasteiger partial charge in [0.2, 0.25) is 5.91 Å². The maximum atomic E-state index is 11.8. The Bertz CT molecular complexity index is 387. The largest absolute Gasteiger partial charge is 0.355 e. The first-order valence-electron chi connectivity index (χ1n) is 5.93. The van der Waals surface area contributed by atoms with Crippen LogP contribution in [0.2, 0.25) is 5.02 Å². The highest BCUT2D eigenvalue weighted by molar-refractivity contribution is 8.00. The highest BCUT2D eigenvalue weighted by Crippen LogP contribution is 2.24. The van der Waals surface area contributed by atoms with Crippen molar-refractivity contribution in [2.75, 3.05) is 13.1 Å². The van der Waals surface area contributed by atoms with Crippen molar-refractivity contribution in [1.29, 1.82) is 0 Å². The molecule has 3 nitrogen and oxygen atoms in total. The summed E-state index contributed by atoms with van der Waals surface area (Å²) in [5, 5.41) is 3.47. The van der Waals surface area contributed by atoms with Gasteiger partial charge in [-0.2, -0.15) is 0 Å². The zero-order valence-electron chi connectivity index (χ0n) is 11.1.